The molecule has 0 aliphatic rings. The van der Waals surface area contributed by atoms with Gasteiger partial charge in [-0.3, -0.25) is 0 Å². The molecule has 1 heterocycles. The molecule has 7 heteroatoms. The van der Waals surface area contributed by atoms with Crippen molar-refractivity contribution in [3.63, 3.8) is 0 Å². The number of imidazole rings is 1. The molecule has 2 rings (SSSR count). The zero-order valence-electron chi connectivity index (χ0n) is 17.8. The Bertz CT molecular complexity index is 770. The Kier molecular flexibility index (Phi) is 8.17. The van der Waals surface area contributed by atoms with Crippen LogP contribution in [0.3, 0.4) is 0 Å². The van der Waals surface area contributed by atoms with Gasteiger partial charge in [0.05, 0.1) is 20.3 Å². The van der Waals surface area contributed by atoms with Crippen LogP contribution in [0.2, 0.25) is 0 Å². The molecule has 1 atom stereocenters. The Hall–Kier alpha value is -2.70. The number of aromatic nitrogens is 2. The fraction of sp³-hybridized carbons (Fsp3) is 0.524. The summed E-state index contributed by atoms with van der Waals surface area (Å²) in [5, 5.41) is 6.75. The van der Waals surface area contributed by atoms with E-state index in [1.165, 1.54) is 0 Å². The van der Waals surface area contributed by atoms with Crippen molar-refractivity contribution in [1.82, 2.24) is 20.2 Å². The summed E-state index contributed by atoms with van der Waals surface area (Å²) in [6, 6.07) is 5.77. The molecule has 0 aliphatic heterocycles. The maximum Gasteiger partial charge on any atom is 0.192 e. The van der Waals surface area contributed by atoms with Crippen LogP contribution in [-0.2, 0) is 13.1 Å². The predicted octanol–water partition coefficient (Wildman–Crippen LogP) is 3.37. The normalized spacial score (nSPS) is 12.8. The second-order valence-electron chi connectivity index (χ2n) is 7.06. The van der Waals surface area contributed by atoms with E-state index in [1.807, 2.05) is 37.5 Å². The topological polar surface area (TPSA) is 72.7 Å². The quantitative estimate of drug-likeness (QED) is 0.510. The van der Waals surface area contributed by atoms with Gasteiger partial charge in [-0.15, -0.1) is 0 Å². The molecule has 0 amide bonds. The lowest BCUT2D eigenvalue weighted by molar-refractivity contribution is 0.394. The monoisotopic (exact) mass is 387 g/mol. The Balaban J connectivity index is 2.16. The summed E-state index contributed by atoms with van der Waals surface area (Å²) in [6.45, 7) is 10.7. The van der Waals surface area contributed by atoms with E-state index >= 15 is 0 Å². The highest BCUT2D eigenvalue weighted by molar-refractivity contribution is 5.80. The van der Waals surface area contributed by atoms with Crippen molar-refractivity contribution >= 4 is 5.96 Å². The van der Waals surface area contributed by atoms with Gasteiger partial charge in [0.25, 0.3) is 0 Å². The van der Waals surface area contributed by atoms with Gasteiger partial charge in [0, 0.05) is 31.0 Å². The molecule has 154 valence electrons. The number of methoxy groups -OCH3 is 2. The van der Waals surface area contributed by atoms with Crippen molar-refractivity contribution in [2.45, 2.75) is 46.8 Å². The predicted molar refractivity (Wildman–Crippen MR) is 113 cm³/mol. The minimum Gasteiger partial charge on any atom is -0.497 e. The summed E-state index contributed by atoms with van der Waals surface area (Å²) >= 11 is 0. The van der Waals surface area contributed by atoms with E-state index in [0.717, 1.165) is 41.9 Å². The molecule has 7 nitrogen and oxygen atoms in total. The summed E-state index contributed by atoms with van der Waals surface area (Å²) in [7, 11) is 3.33. The number of nitrogens with zero attached hydrogens (tertiary/aromatic N) is 3. The lowest BCUT2D eigenvalue weighted by atomic mass is 10.1. The smallest absolute Gasteiger partial charge is 0.192 e. The summed E-state index contributed by atoms with van der Waals surface area (Å²) in [4.78, 5) is 9.18. The molecule has 1 aromatic carbocycles. The summed E-state index contributed by atoms with van der Waals surface area (Å²) < 4.78 is 13.0. The van der Waals surface area contributed by atoms with Crippen molar-refractivity contribution in [2.75, 3.05) is 20.8 Å². The van der Waals surface area contributed by atoms with Crippen molar-refractivity contribution in [3.05, 3.63) is 42.0 Å². The van der Waals surface area contributed by atoms with Crippen LogP contribution in [0.4, 0.5) is 0 Å². The SMILES string of the molecule is CCNC(=NCc1nccn1CC(C)C)NC(C)c1cc(OC)ccc1OC. The summed E-state index contributed by atoms with van der Waals surface area (Å²) in [5.41, 5.74) is 1.01. The van der Waals surface area contributed by atoms with Crippen LogP contribution in [0.5, 0.6) is 11.5 Å². The largest absolute Gasteiger partial charge is 0.497 e. The van der Waals surface area contributed by atoms with Crippen LogP contribution in [-0.4, -0.2) is 36.3 Å². The Labute approximate surface area is 168 Å². The molecule has 0 saturated carbocycles. The van der Waals surface area contributed by atoms with E-state index in [-0.39, 0.29) is 6.04 Å². The molecular weight excluding hydrogens is 354 g/mol. The van der Waals surface area contributed by atoms with Gasteiger partial charge in [-0.05, 0) is 38.0 Å². The zero-order chi connectivity index (χ0) is 20.5. The summed E-state index contributed by atoms with van der Waals surface area (Å²) in [6.07, 6.45) is 3.84. The molecule has 2 aromatic rings. The van der Waals surface area contributed by atoms with Gasteiger partial charge >= 0.3 is 0 Å². The van der Waals surface area contributed by atoms with Gasteiger partial charge in [0.15, 0.2) is 5.96 Å². The van der Waals surface area contributed by atoms with E-state index in [0.29, 0.717) is 12.5 Å². The van der Waals surface area contributed by atoms with Gasteiger partial charge in [-0.2, -0.15) is 0 Å². The lowest BCUT2D eigenvalue weighted by Crippen LogP contribution is -2.38. The van der Waals surface area contributed by atoms with Crippen molar-refractivity contribution in [2.24, 2.45) is 10.9 Å². The minimum atomic E-state index is -0.0155. The third kappa shape index (κ3) is 5.90. The van der Waals surface area contributed by atoms with E-state index in [4.69, 9.17) is 14.5 Å². The highest BCUT2D eigenvalue weighted by Crippen LogP contribution is 2.29. The van der Waals surface area contributed by atoms with Crippen LogP contribution >= 0.6 is 0 Å². The third-order valence-corrected chi connectivity index (χ3v) is 4.34. The molecular formula is C21H33N5O2. The third-order valence-electron chi connectivity index (χ3n) is 4.34. The first-order valence-corrected chi connectivity index (χ1v) is 9.75. The molecule has 0 aliphatic carbocycles. The average molecular weight is 388 g/mol. The minimum absolute atomic E-state index is 0.0155. The number of nitrogens with one attached hydrogen (secondary N) is 2. The van der Waals surface area contributed by atoms with Gasteiger partial charge in [-0.25, -0.2) is 9.98 Å². The molecule has 0 spiro atoms. The number of benzene rings is 1. The van der Waals surface area contributed by atoms with Crippen LogP contribution in [0.25, 0.3) is 0 Å². The maximum atomic E-state index is 5.51. The first kappa shape index (κ1) is 21.6. The van der Waals surface area contributed by atoms with Crippen LogP contribution in [0.15, 0.2) is 35.6 Å². The number of hydrogen-bond donors (Lipinski definition) is 2. The molecule has 0 fully saturated rings. The first-order chi connectivity index (χ1) is 13.5. The number of rotatable bonds is 9. The van der Waals surface area contributed by atoms with Gasteiger partial charge < -0.3 is 24.7 Å². The maximum absolute atomic E-state index is 5.51. The zero-order valence-corrected chi connectivity index (χ0v) is 17.8. The molecule has 0 saturated heterocycles. The van der Waals surface area contributed by atoms with E-state index in [2.05, 4.69) is 41.0 Å². The van der Waals surface area contributed by atoms with Crippen LogP contribution in [0, 0.1) is 5.92 Å². The molecule has 2 N–H and O–H groups in total. The van der Waals surface area contributed by atoms with Crippen molar-refractivity contribution in [1.29, 1.82) is 0 Å². The number of hydrogen-bond acceptors (Lipinski definition) is 4. The fourth-order valence-electron chi connectivity index (χ4n) is 2.98. The Morgan fingerprint density at radius 2 is 2.00 bits per heavy atom. The number of aliphatic imine (C=N–C) groups is 1. The molecule has 0 bridgehead atoms. The number of guanidine groups is 1. The van der Waals surface area contributed by atoms with Gasteiger partial charge in [0.2, 0.25) is 0 Å². The number of ether oxygens (including phenoxy) is 2. The summed E-state index contributed by atoms with van der Waals surface area (Å²) in [5.74, 6) is 3.85. The Morgan fingerprint density at radius 1 is 1.21 bits per heavy atom. The highest BCUT2D eigenvalue weighted by Gasteiger charge is 2.14. The van der Waals surface area contributed by atoms with Crippen LogP contribution < -0.4 is 20.1 Å². The van der Waals surface area contributed by atoms with Crippen molar-refractivity contribution < 1.29 is 9.47 Å². The first-order valence-electron chi connectivity index (χ1n) is 9.75. The highest BCUT2D eigenvalue weighted by atomic mass is 16.5. The second-order valence-corrected chi connectivity index (χ2v) is 7.06. The lowest BCUT2D eigenvalue weighted by Gasteiger charge is -2.21. The molecule has 1 unspecified atom stereocenters. The van der Waals surface area contributed by atoms with Gasteiger partial charge in [0.1, 0.15) is 23.9 Å². The van der Waals surface area contributed by atoms with Crippen LogP contribution in [0.1, 0.15) is 45.1 Å². The fourth-order valence-corrected chi connectivity index (χ4v) is 2.98. The molecule has 28 heavy (non-hydrogen) atoms. The standard InChI is InChI=1S/C21H33N5O2/c1-7-22-21(24-13-20-23-10-11-26(20)14-15(2)3)25-16(4)18-12-17(27-5)8-9-19(18)28-6/h8-12,15-16H,7,13-14H2,1-6H3,(H2,22,24,25). The average Bonchev–Trinajstić information content (AvgIpc) is 3.11. The second kappa shape index (κ2) is 10.6. The van der Waals surface area contributed by atoms with E-state index < -0.39 is 0 Å². The van der Waals surface area contributed by atoms with Gasteiger partial charge in [-0.1, -0.05) is 13.8 Å². The van der Waals surface area contributed by atoms with E-state index in [1.54, 1.807) is 14.2 Å². The molecule has 1 aromatic heterocycles. The molecule has 0 radical (unpaired) electrons. The van der Waals surface area contributed by atoms with E-state index in [9.17, 15) is 0 Å². The van der Waals surface area contributed by atoms with Crippen molar-refractivity contribution in [3.8, 4) is 11.5 Å². The Morgan fingerprint density at radius 3 is 2.64 bits per heavy atom.